The molecule has 0 radical (unpaired) electrons. The van der Waals surface area contributed by atoms with Gasteiger partial charge in [-0.15, -0.1) is 0 Å². The molecule has 2 aromatic rings. The summed E-state index contributed by atoms with van der Waals surface area (Å²) < 4.78 is 23.2. The Hall–Kier alpha value is -2.70. The first-order valence-corrected chi connectivity index (χ1v) is 14.4. The molecule has 4 atom stereocenters. The van der Waals surface area contributed by atoms with E-state index in [2.05, 4.69) is 13.8 Å². The Balaban J connectivity index is 1.23. The molecule has 2 heterocycles. The van der Waals surface area contributed by atoms with Crippen molar-refractivity contribution in [1.82, 2.24) is 0 Å². The molecule has 2 aromatic carbocycles. The van der Waals surface area contributed by atoms with Gasteiger partial charge < -0.3 is 18.9 Å². The third-order valence-electron chi connectivity index (χ3n) is 7.50. The van der Waals surface area contributed by atoms with Gasteiger partial charge in [0.05, 0.1) is 24.3 Å². The quantitative estimate of drug-likeness (QED) is 0.209. The van der Waals surface area contributed by atoms with Gasteiger partial charge in [0.15, 0.2) is 12.2 Å². The predicted molar refractivity (Wildman–Crippen MR) is 146 cm³/mol. The Morgan fingerprint density at radius 2 is 1.03 bits per heavy atom. The molecular weight excluding hydrogens is 480 g/mol. The predicted octanol–water partition coefficient (Wildman–Crippen LogP) is 6.48. The van der Waals surface area contributed by atoms with Crippen molar-refractivity contribution in [2.75, 3.05) is 13.2 Å². The van der Waals surface area contributed by atoms with Crippen molar-refractivity contribution in [3.8, 4) is 0 Å². The topological polar surface area (TPSA) is 71.1 Å². The molecule has 0 N–H and O–H groups in total. The summed E-state index contributed by atoms with van der Waals surface area (Å²) in [5, 5.41) is 0. The number of benzene rings is 2. The maximum absolute atomic E-state index is 12.8. The Morgan fingerprint density at radius 1 is 0.632 bits per heavy atom. The van der Waals surface area contributed by atoms with Crippen molar-refractivity contribution in [2.24, 2.45) is 0 Å². The maximum atomic E-state index is 12.8. The SMILES string of the molecule is CCCCCCc1ccc(C(=O)O[C@H]2COC3[C@H](OC(=O)c4ccc(CCCCCC)cc4)CO[C@@H]32)cc1. The van der Waals surface area contributed by atoms with E-state index >= 15 is 0 Å². The van der Waals surface area contributed by atoms with Crippen LogP contribution < -0.4 is 0 Å². The molecule has 4 rings (SSSR count). The first kappa shape index (κ1) is 28.3. The zero-order valence-corrected chi connectivity index (χ0v) is 22.9. The van der Waals surface area contributed by atoms with Gasteiger partial charge in [0.1, 0.15) is 12.2 Å². The van der Waals surface area contributed by atoms with Gasteiger partial charge in [0.25, 0.3) is 0 Å². The number of carbonyl (C=O) groups is 2. The fourth-order valence-electron chi connectivity index (χ4n) is 5.17. The van der Waals surface area contributed by atoms with E-state index in [1.165, 1.54) is 49.7 Å². The van der Waals surface area contributed by atoms with E-state index in [9.17, 15) is 9.59 Å². The van der Waals surface area contributed by atoms with Crippen LogP contribution in [0.2, 0.25) is 0 Å². The van der Waals surface area contributed by atoms with E-state index < -0.39 is 36.4 Å². The van der Waals surface area contributed by atoms with E-state index in [0.29, 0.717) is 11.1 Å². The molecule has 0 spiro atoms. The van der Waals surface area contributed by atoms with Gasteiger partial charge in [0.2, 0.25) is 0 Å². The molecule has 2 saturated heterocycles. The molecule has 2 aliphatic heterocycles. The molecule has 1 unspecified atom stereocenters. The smallest absolute Gasteiger partial charge is 0.338 e. The molecule has 0 aliphatic carbocycles. The van der Waals surface area contributed by atoms with E-state index in [1.807, 2.05) is 48.5 Å². The molecule has 206 valence electrons. The number of hydrogen-bond donors (Lipinski definition) is 0. The number of carbonyl (C=O) groups excluding carboxylic acids is 2. The standard InChI is InChI=1S/C32H42O6/c1-3-5-7-9-11-23-13-17-25(18-14-23)31(33)37-27-21-35-30-28(22-36-29(27)30)38-32(34)26-19-15-24(16-20-26)12-10-8-6-4-2/h13-20,27-30H,3-12,21-22H2,1-2H3/t27-,28+,29+,30?/m0/s1. The average Bonchev–Trinajstić information content (AvgIpc) is 3.53. The Labute approximate surface area is 227 Å². The van der Waals surface area contributed by atoms with Crippen LogP contribution in [0.25, 0.3) is 0 Å². The summed E-state index contributed by atoms with van der Waals surface area (Å²) in [4.78, 5) is 25.5. The second-order valence-electron chi connectivity index (χ2n) is 10.5. The Morgan fingerprint density at radius 3 is 1.39 bits per heavy atom. The van der Waals surface area contributed by atoms with Gasteiger partial charge >= 0.3 is 11.9 Å². The zero-order chi connectivity index (χ0) is 26.7. The van der Waals surface area contributed by atoms with Gasteiger partial charge in [-0.05, 0) is 61.1 Å². The number of esters is 2. The fraction of sp³-hybridized carbons (Fsp3) is 0.562. The van der Waals surface area contributed by atoms with Gasteiger partial charge in [-0.1, -0.05) is 76.6 Å². The molecule has 6 heteroatoms. The van der Waals surface area contributed by atoms with E-state index in [-0.39, 0.29) is 13.2 Å². The van der Waals surface area contributed by atoms with Crippen LogP contribution in [0.4, 0.5) is 0 Å². The molecule has 2 aliphatic rings. The summed E-state index contributed by atoms with van der Waals surface area (Å²) in [5.41, 5.74) is 3.49. The van der Waals surface area contributed by atoms with Crippen LogP contribution in [0.15, 0.2) is 48.5 Å². The van der Waals surface area contributed by atoms with Crippen molar-refractivity contribution < 1.29 is 28.5 Å². The second-order valence-corrected chi connectivity index (χ2v) is 10.5. The van der Waals surface area contributed by atoms with Crippen LogP contribution in [-0.4, -0.2) is 49.6 Å². The highest BCUT2D eigenvalue weighted by molar-refractivity contribution is 5.90. The molecule has 0 bridgehead atoms. The summed E-state index contributed by atoms with van der Waals surface area (Å²) in [6.07, 6.45) is 9.82. The monoisotopic (exact) mass is 522 g/mol. The lowest BCUT2D eigenvalue weighted by atomic mass is 10.0. The third kappa shape index (κ3) is 7.67. The van der Waals surface area contributed by atoms with Gasteiger partial charge in [-0.3, -0.25) is 0 Å². The molecule has 0 saturated carbocycles. The lowest BCUT2D eigenvalue weighted by molar-refractivity contribution is -0.0287. The summed E-state index contributed by atoms with van der Waals surface area (Å²) in [7, 11) is 0. The summed E-state index contributed by atoms with van der Waals surface area (Å²) >= 11 is 0. The van der Waals surface area contributed by atoms with E-state index in [4.69, 9.17) is 18.9 Å². The minimum Gasteiger partial charge on any atom is -0.453 e. The zero-order valence-electron chi connectivity index (χ0n) is 22.9. The number of hydrogen-bond acceptors (Lipinski definition) is 6. The Kier molecular flexibility index (Phi) is 10.8. The van der Waals surface area contributed by atoms with Crippen LogP contribution in [0.1, 0.15) is 97.1 Å². The van der Waals surface area contributed by atoms with Crippen molar-refractivity contribution in [3.05, 3.63) is 70.8 Å². The lowest BCUT2D eigenvalue weighted by Crippen LogP contribution is -2.36. The molecule has 0 aromatic heterocycles. The minimum absolute atomic E-state index is 0.220. The highest BCUT2D eigenvalue weighted by Crippen LogP contribution is 2.31. The highest BCUT2D eigenvalue weighted by Gasteiger charge is 2.51. The summed E-state index contributed by atoms with van der Waals surface area (Å²) in [6.45, 7) is 4.85. The first-order chi connectivity index (χ1) is 18.6. The Bertz CT molecular complexity index is 932. The molecule has 6 nitrogen and oxygen atoms in total. The first-order valence-electron chi connectivity index (χ1n) is 14.4. The van der Waals surface area contributed by atoms with Crippen molar-refractivity contribution in [3.63, 3.8) is 0 Å². The van der Waals surface area contributed by atoms with E-state index in [0.717, 1.165) is 25.7 Å². The van der Waals surface area contributed by atoms with Crippen LogP contribution in [0, 0.1) is 0 Å². The summed E-state index contributed by atoms with van der Waals surface area (Å²) in [5.74, 6) is -0.786. The lowest BCUT2D eigenvalue weighted by Gasteiger charge is -2.17. The van der Waals surface area contributed by atoms with Crippen LogP contribution >= 0.6 is 0 Å². The number of ether oxygens (including phenoxy) is 4. The number of rotatable bonds is 14. The van der Waals surface area contributed by atoms with Gasteiger partial charge in [-0.2, -0.15) is 0 Å². The molecular formula is C32H42O6. The van der Waals surface area contributed by atoms with Gasteiger partial charge in [0, 0.05) is 0 Å². The van der Waals surface area contributed by atoms with E-state index in [1.54, 1.807) is 0 Å². The second kappa shape index (κ2) is 14.5. The number of unbranched alkanes of at least 4 members (excludes halogenated alkanes) is 6. The van der Waals surface area contributed by atoms with Gasteiger partial charge in [-0.25, -0.2) is 9.59 Å². The summed E-state index contributed by atoms with van der Waals surface area (Å²) in [6, 6.07) is 15.3. The molecule has 2 fully saturated rings. The normalized spacial score (nSPS) is 22.3. The number of fused-ring (bicyclic) bond motifs is 1. The minimum atomic E-state index is -0.531. The molecule has 0 amide bonds. The number of aryl methyl sites for hydroxylation is 2. The average molecular weight is 523 g/mol. The molecule has 38 heavy (non-hydrogen) atoms. The third-order valence-corrected chi connectivity index (χ3v) is 7.50. The largest absolute Gasteiger partial charge is 0.453 e. The van der Waals surface area contributed by atoms with Crippen molar-refractivity contribution >= 4 is 11.9 Å². The maximum Gasteiger partial charge on any atom is 0.338 e. The highest BCUT2D eigenvalue weighted by atomic mass is 16.7. The van der Waals surface area contributed by atoms with Crippen molar-refractivity contribution in [1.29, 1.82) is 0 Å². The van der Waals surface area contributed by atoms with Crippen LogP contribution in [0.3, 0.4) is 0 Å². The van der Waals surface area contributed by atoms with Crippen LogP contribution in [-0.2, 0) is 31.8 Å². The van der Waals surface area contributed by atoms with Crippen molar-refractivity contribution in [2.45, 2.75) is 102 Å². The van der Waals surface area contributed by atoms with Crippen LogP contribution in [0.5, 0.6) is 0 Å². The fourth-order valence-corrected chi connectivity index (χ4v) is 5.17.